The molecule has 33 heavy (non-hydrogen) atoms. The van der Waals surface area contributed by atoms with E-state index in [9.17, 15) is 19.0 Å². The number of fused-ring (bicyclic) bond motifs is 1. The van der Waals surface area contributed by atoms with E-state index in [2.05, 4.69) is 20.2 Å². The smallest absolute Gasteiger partial charge is 0.172 e. The first-order valence-corrected chi connectivity index (χ1v) is 10.8. The summed E-state index contributed by atoms with van der Waals surface area (Å²) in [5.41, 5.74) is 0.0669. The molecule has 0 spiro atoms. The summed E-state index contributed by atoms with van der Waals surface area (Å²) >= 11 is 0. The third-order valence-corrected chi connectivity index (χ3v) is 5.67. The zero-order valence-corrected chi connectivity index (χ0v) is 18.7. The summed E-state index contributed by atoms with van der Waals surface area (Å²) < 4.78 is 32.8. The number of piperidine rings is 1. The van der Waals surface area contributed by atoms with Crippen molar-refractivity contribution >= 4 is 22.7 Å². The zero-order chi connectivity index (χ0) is 23.8. The van der Waals surface area contributed by atoms with Gasteiger partial charge in [0.2, 0.25) is 0 Å². The molecule has 1 unspecified atom stereocenters. The van der Waals surface area contributed by atoms with Gasteiger partial charge in [-0.2, -0.15) is 0 Å². The van der Waals surface area contributed by atoms with E-state index in [1.807, 2.05) is 0 Å². The zero-order valence-electron chi connectivity index (χ0n) is 18.7. The van der Waals surface area contributed by atoms with Gasteiger partial charge in [0, 0.05) is 39.0 Å². The average Bonchev–Trinajstić information content (AvgIpc) is 2.79. The topological polar surface area (TPSA) is 104 Å². The highest BCUT2D eigenvalue weighted by molar-refractivity contribution is 5.80. The molecule has 1 fully saturated rings. The molecule has 1 saturated heterocycles. The number of halogens is 2. The SMILES string of the molecule is CNc1nc2cc(C(O)C(C)(C)O)ncc2nc1N1CCC(Oc2ccc(F)cc2F)CC1. The van der Waals surface area contributed by atoms with Crippen LogP contribution in [0.15, 0.2) is 30.5 Å². The number of hydrogen-bond acceptors (Lipinski definition) is 8. The minimum Gasteiger partial charge on any atom is -0.487 e. The number of pyridine rings is 1. The highest BCUT2D eigenvalue weighted by Crippen LogP contribution is 2.31. The van der Waals surface area contributed by atoms with Crippen molar-refractivity contribution in [2.75, 3.05) is 30.4 Å². The lowest BCUT2D eigenvalue weighted by molar-refractivity contribution is -0.0516. The Hall–Kier alpha value is -3.11. The third-order valence-electron chi connectivity index (χ3n) is 5.67. The van der Waals surface area contributed by atoms with Gasteiger partial charge in [-0.25, -0.2) is 18.7 Å². The summed E-state index contributed by atoms with van der Waals surface area (Å²) in [5.74, 6) is -0.0704. The summed E-state index contributed by atoms with van der Waals surface area (Å²) in [5, 5.41) is 23.5. The van der Waals surface area contributed by atoms with Gasteiger partial charge in [-0.15, -0.1) is 0 Å². The molecule has 8 nitrogen and oxygen atoms in total. The summed E-state index contributed by atoms with van der Waals surface area (Å²) in [6.45, 7) is 4.25. The van der Waals surface area contributed by atoms with Gasteiger partial charge in [-0.1, -0.05) is 0 Å². The number of hydrogen-bond donors (Lipinski definition) is 3. The van der Waals surface area contributed by atoms with E-state index in [0.29, 0.717) is 54.3 Å². The molecule has 1 atom stereocenters. The fraction of sp³-hybridized carbons (Fsp3) is 0.435. The van der Waals surface area contributed by atoms with E-state index in [1.165, 1.54) is 32.2 Å². The molecule has 1 aromatic carbocycles. The lowest BCUT2D eigenvalue weighted by Crippen LogP contribution is -2.39. The Kier molecular flexibility index (Phi) is 6.31. The van der Waals surface area contributed by atoms with Crippen LogP contribution in [0.25, 0.3) is 11.0 Å². The maximum atomic E-state index is 13.9. The summed E-state index contributed by atoms with van der Waals surface area (Å²) in [7, 11) is 1.75. The molecule has 0 aliphatic carbocycles. The van der Waals surface area contributed by atoms with Crippen LogP contribution in [0.4, 0.5) is 20.4 Å². The molecule has 2 aromatic heterocycles. The van der Waals surface area contributed by atoms with Crippen molar-refractivity contribution in [3.8, 4) is 5.75 Å². The van der Waals surface area contributed by atoms with Gasteiger partial charge in [0.05, 0.1) is 23.0 Å². The Labute approximate surface area is 190 Å². The van der Waals surface area contributed by atoms with Crippen LogP contribution in [-0.4, -0.2) is 57.0 Å². The minimum absolute atomic E-state index is 0.0476. The average molecular weight is 459 g/mol. The first kappa shape index (κ1) is 23.1. The van der Waals surface area contributed by atoms with Crippen LogP contribution in [-0.2, 0) is 0 Å². The Morgan fingerprint density at radius 1 is 1.15 bits per heavy atom. The fourth-order valence-electron chi connectivity index (χ4n) is 3.80. The fourth-order valence-corrected chi connectivity index (χ4v) is 3.80. The molecular weight excluding hydrogens is 432 g/mol. The largest absolute Gasteiger partial charge is 0.487 e. The van der Waals surface area contributed by atoms with Crippen molar-refractivity contribution < 1.29 is 23.7 Å². The Morgan fingerprint density at radius 3 is 2.52 bits per heavy atom. The highest BCUT2D eigenvalue weighted by Gasteiger charge is 2.28. The number of ether oxygens (including phenoxy) is 1. The van der Waals surface area contributed by atoms with Crippen molar-refractivity contribution in [1.82, 2.24) is 15.0 Å². The molecule has 1 aliphatic rings. The lowest BCUT2D eigenvalue weighted by atomic mass is 9.98. The summed E-state index contributed by atoms with van der Waals surface area (Å²) in [6.07, 6.45) is 1.44. The molecular formula is C23H27F2N5O3. The molecule has 0 radical (unpaired) electrons. The summed E-state index contributed by atoms with van der Waals surface area (Å²) in [6, 6.07) is 4.92. The van der Waals surface area contributed by atoms with Crippen molar-refractivity contribution in [2.24, 2.45) is 0 Å². The maximum absolute atomic E-state index is 13.9. The van der Waals surface area contributed by atoms with E-state index in [0.717, 1.165) is 6.07 Å². The van der Waals surface area contributed by atoms with Crippen LogP contribution >= 0.6 is 0 Å². The van der Waals surface area contributed by atoms with Crippen LogP contribution in [0, 0.1) is 11.6 Å². The second-order valence-corrected chi connectivity index (χ2v) is 8.68. The molecule has 1 aliphatic heterocycles. The van der Waals surface area contributed by atoms with Gasteiger partial charge in [0.15, 0.2) is 23.2 Å². The Bertz CT molecular complexity index is 1150. The van der Waals surface area contributed by atoms with Crippen molar-refractivity contribution in [2.45, 2.75) is 44.5 Å². The number of rotatable bonds is 6. The quantitative estimate of drug-likeness (QED) is 0.516. The van der Waals surface area contributed by atoms with Crippen LogP contribution < -0.4 is 15.0 Å². The maximum Gasteiger partial charge on any atom is 0.172 e. The van der Waals surface area contributed by atoms with E-state index < -0.39 is 23.3 Å². The highest BCUT2D eigenvalue weighted by atomic mass is 19.1. The molecule has 3 aromatic rings. The third kappa shape index (κ3) is 4.96. The molecule has 3 N–H and O–H groups in total. The molecule has 176 valence electrons. The monoisotopic (exact) mass is 459 g/mol. The molecule has 0 saturated carbocycles. The van der Waals surface area contributed by atoms with E-state index >= 15 is 0 Å². The normalized spacial score (nSPS) is 16.2. The second-order valence-electron chi connectivity index (χ2n) is 8.68. The van der Waals surface area contributed by atoms with Crippen molar-refractivity contribution in [3.05, 3.63) is 47.8 Å². The van der Waals surface area contributed by atoms with Crippen molar-refractivity contribution in [3.63, 3.8) is 0 Å². The number of aliphatic hydroxyl groups is 2. The van der Waals surface area contributed by atoms with Gasteiger partial charge in [-0.3, -0.25) is 4.98 Å². The molecule has 4 rings (SSSR count). The minimum atomic E-state index is -1.34. The van der Waals surface area contributed by atoms with Gasteiger partial charge in [0.1, 0.15) is 23.5 Å². The predicted molar refractivity (Wildman–Crippen MR) is 120 cm³/mol. The number of nitrogens with one attached hydrogen (secondary N) is 1. The molecule has 0 amide bonds. The van der Waals surface area contributed by atoms with E-state index in [1.54, 1.807) is 13.1 Å². The van der Waals surface area contributed by atoms with Crippen LogP contribution in [0.5, 0.6) is 5.75 Å². The van der Waals surface area contributed by atoms with Crippen LogP contribution in [0.3, 0.4) is 0 Å². The number of nitrogens with zero attached hydrogens (tertiary/aromatic N) is 4. The van der Waals surface area contributed by atoms with Gasteiger partial charge >= 0.3 is 0 Å². The number of aromatic nitrogens is 3. The number of aliphatic hydroxyl groups excluding tert-OH is 1. The molecule has 3 heterocycles. The van der Waals surface area contributed by atoms with Crippen molar-refractivity contribution in [1.29, 1.82) is 0 Å². The summed E-state index contributed by atoms with van der Waals surface area (Å²) in [4.78, 5) is 15.7. The van der Waals surface area contributed by atoms with Gasteiger partial charge in [0.25, 0.3) is 0 Å². The lowest BCUT2D eigenvalue weighted by Gasteiger charge is -2.33. The van der Waals surface area contributed by atoms with E-state index in [-0.39, 0.29) is 11.9 Å². The Morgan fingerprint density at radius 2 is 1.88 bits per heavy atom. The van der Waals surface area contributed by atoms with Crippen LogP contribution in [0.1, 0.15) is 38.5 Å². The molecule has 0 bridgehead atoms. The van der Waals surface area contributed by atoms with Gasteiger partial charge < -0.3 is 25.2 Å². The van der Waals surface area contributed by atoms with Crippen LogP contribution in [0.2, 0.25) is 0 Å². The first-order valence-electron chi connectivity index (χ1n) is 10.8. The van der Waals surface area contributed by atoms with E-state index in [4.69, 9.17) is 9.72 Å². The van der Waals surface area contributed by atoms with Gasteiger partial charge in [-0.05, 0) is 32.0 Å². The second kappa shape index (κ2) is 9.03. The standard InChI is InChI=1S/C23H27F2N5O3/c1-23(2,32)20(31)17-11-16-18(12-27-17)29-22(21(26-3)28-16)30-8-6-14(7-9-30)33-19-5-4-13(24)10-15(19)25/h4-5,10-12,14,20,31-32H,6-9H2,1-3H3,(H,26,28). The number of anilines is 2. The number of benzene rings is 1. The molecule has 10 heteroatoms. The predicted octanol–water partition coefficient (Wildman–Crippen LogP) is 3.20. The Balaban J connectivity index is 1.51. The first-order chi connectivity index (χ1) is 15.7.